The molecule has 0 atom stereocenters. The second kappa shape index (κ2) is 8.65. The first-order valence-corrected chi connectivity index (χ1v) is 9.06. The van der Waals surface area contributed by atoms with Crippen LogP contribution in [0.25, 0.3) is 0 Å². The molecule has 0 spiro atoms. The molecule has 138 valence electrons. The molecule has 0 bridgehead atoms. The van der Waals surface area contributed by atoms with Crippen LogP contribution in [0.2, 0.25) is 5.02 Å². The number of aryl methyl sites for hydroxylation is 1. The summed E-state index contributed by atoms with van der Waals surface area (Å²) >= 11 is 5.99. The Labute approximate surface area is 156 Å². The van der Waals surface area contributed by atoms with E-state index in [2.05, 4.69) is 14.5 Å². The number of nitrogens with one attached hydrogen (secondary N) is 1. The molecule has 0 radical (unpaired) electrons. The van der Waals surface area contributed by atoms with Gasteiger partial charge in [0.25, 0.3) is 0 Å². The van der Waals surface area contributed by atoms with Crippen LogP contribution < -0.4 is 16.0 Å². The maximum atomic E-state index is 12.0. The first-order valence-electron chi connectivity index (χ1n) is 7.28. The van der Waals surface area contributed by atoms with E-state index in [1.165, 1.54) is 25.5 Å². The maximum Gasteiger partial charge on any atom is 0.317 e. The number of guanidine groups is 1. The summed E-state index contributed by atoms with van der Waals surface area (Å²) < 4.78 is 33.6. The Balaban J connectivity index is 1.97. The highest BCUT2D eigenvalue weighted by Gasteiger charge is 2.15. The molecule has 2 aromatic rings. The van der Waals surface area contributed by atoms with Gasteiger partial charge in [0.05, 0.1) is 23.2 Å². The highest BCUT2D eigenvalue weighted by atomic mass is 35.5. The lowest BCUT2D eigenvalue weighted by Gasteiger charge is -2.06. The number of benzene rings is 2. The maximum absolute atomic E-state index is 12.0. The van der Waals surface area contributed by atoms with E-state index in [1.807, 2.05) is 12.4 Å². The molecule has 3 N–H and O–H groups in total. The minimum absolute atomic E-state index is 0.0141. The first kappa shape index (κ1) is 19.7. The van der Waals surface area contributed by atoms with Gasteiger partial charge in [0.2, 0.25) is 5.96 Å². The van der Waals surface area contributed by atoms with Crippen LogP contribution in [0.4, 0.5) is 0 Å². The Hall–Kier alpha value is -2.62. The van der Waals surface area contributed by atoms with Gasteiger partial charge in [-0.2, -0.15) is 13.5 Å². The molecule has 8 nitrogen and oxygen atoms in total. The Bertz CT molecular complexity index is 928. The fourth-order valence-electron chi connectivity index (χ4n) is 1.79. The predicted octanol–water partition coefficient (Wildman–Crippen LogP) is 2.22. The van der Waals surface area contributed by atoms with E-state index < -0.39 is 10.1 Å². The average Bonchev–Trinajstić information content (AvgIpc) is 2.61. The predicted molar refractivity (Wildman–Crippen MR) is 99.8 cm³/mol. The summed E-state index contributed by atoms with van der Waals surface area (Å²) in [6.45, 7) is 1.84. The number of rotatable bonds is 6. The lowest BCUT2D eigenvalue weighted by molar-refractivity contribution is 0.266. The number of methoxy groups -OCH3 is 1. The minimum Gasteiger partial charge on any atom is -0.495 e. The number of hydroxylamine groups is 1. The Morgan fingerprint density at radius 1 is 1.23 bits per heavy atom. The molecule has 0 aliphatic carbocycles. The van der Waals surface area contributed by atoms with Crippen molar-refractivity contribution in [3.05, 3.63) is 58.6 Å². The number of ether oxygens (including phenoxy) is 1. The second-order valence-electron chi connectivity index (χ2n) is 5.08. The third kappa shape index (κ3) is 5.45. The van der Waals surface area contributed by atoms with Gasteiger partial charge >= 0.3 is 10.1 Å². The highest BCUT2D eigenvalue weighted by Crippen LogP contribution is 2.24. The fraction of sp³-hybridized carbons (Fsp3) is 0.125. The number of hydrogen-bond acceptors (Lipinski definition) is 6. The van der Waals surface area contributed by atoms with Gasteiger partial charge in [-0.1, -0.05) is 29.3 Å². The molecule has 0 aromatic heterocycles. The van der Waals surface area contributed by atoms with Crippen molar-refractivity contribution >= 4 is 33.9 Å². The van der Waals surface area contributed by atoms with Crippen molar-refractivity contribution in [1.29, 1.82) is 0 Å². The summed E-state index contributed by atoms with van der Waals surface area (Å²) in [5.41, 5.74) is 9.12. The van der Waals surface area contributed by atoms with Gasteiger partial charge in [-0.3, -0.25) is 0 Å². The molecule has 0 fully saturated rings. The van der Waals surface area contributed by atoms with Gasteiger partial charge in [-0.15, -0.1) is 9.39 Å². The summed E-state index contributed by atoms with van der Waals surface area (Å²) in [4.78, 5) is -0.0141. The molecule has 10 heteroatoms. The molecule has 0 aliphatic rings. The molecule has 2 rings (SSSR count). The zero-order valence-electron chi connectivity index (χ0n) is 14.0. The lowest BCUT2D eigenvalue weighted by Crippen LogP contribution is -2.33. The van der Waals surface area contributed by atoms with Crippen molar-refractivity contribution in [1.82, 2.24) is 5.48 Å². The van der Waals surface area contributed by atoms with Crippen LogP contribution in [0, 0.1) is 6.92 Å². The van der Waals surface area contributed by atoms with Gasteiger partial charge in [-0.05, 0) is 42.8 Å². The Kier molecular flexibility index (Phi) is 6.56. The van der Waals surface area contributed by atoms with Crippen molar-refractivity contribution in [3.8, 4) is 5.75 Å². The molecular weight excluding hydrogens is 380 g/mol. The first-order chi connectivity index (χ1) is 12.3. The molecule has 0 heterocycles. The van der Waals surface area contributed by atoms with E-state index in [0.29, 0.717) is 16.3 Å². The zero-order valence-corrected chi connectivity index (χ0v) is 15.6. The standard InChI is InChI=1S/C16H17ClN4O4S/c1-11-3-6-13(7-4-11)26(22,23)25-21-16(18)20-19-10-12-5-8-15(24-2)14(17)9-12/h3-10H,1-2H3,(H3,18,20,21). The van der Waals surface area contributed by atoms with Crippen LogP contribution in [-0.2, 0) is 14.4 Å². The molecule has 2 aromatic carbocycles. The Morgan fingerprint density at radius 2 is 1.92 bits per heavy atom. The third-order valence-corrected chi connectivity index (χ3v) is 4.56. The van der Waals surface area contributed by atoms with Gasteiger partial charge in [-0.25, -0.2) is 5.48 Å². The molecule has 0 aliphatic heterocycles. The van der Waals surface area contributed by atoms with Crippen LogP contribution in [0.3, 0.4) is 0 Å². The summed E-state index contributed by atoms with van der Waals surface area (Å²) in [7, 11) is -2.51. The quantitative estimate of drug-likeness (QED) is 0.439. The second-order valence-corrected chi connectivity index (χ2v) is 7.03. The monoisotopic (exact) mass is 396 g/mol. The lowest BCUT2D eigenvalue weighted by atomic mass is 10.2. The van der Waals surface area contributed by atoms with Crippen molar-refractivity contribution < 1.29 is 17.4 Å². The zero-order chi connectivity index (χ0) is 19.2. The number of halogens is 1. The van der Waals surface area contributed by atoms with Crippen molar-refractivity contribution in [3.63, 3.8) is 0 Å². The van der Waals surface area contributed by atoms with Crippen molar-refractivity contribution in [2.45, 2.75) is 11.8 Å². The topological polar surface area (TPSA) is 115 Å². The number of nitrogens with zero attached hydrogens (tertiary/aromatic N) is 2. The van der Waals surface area contributed by atoms with Gasteiger partial charge < -0.3 is 10.5 Å². The smallest absolute Gasteiger partial charge is 0.317 e. The Morgan fingerprint density at radius 3 is 2.54 bits per heavy atom. The fourth-order valence-corrected chi connectivity index (χ4v) is 2.82. The summed E-state index contributed by atoms with van der Waals surface area (Å²) in [5.74, 6) is 0.194. The number of nitrogens with two attached hydrogens (primary N) is 1. The van der Waals surface area contributed by atoms with Crippen LogP contribution in [0.1, 0.15) is 11.1 Å². The third-order valence-electron chi connectivity index (χ3n) is 3.11. The average molecular weight is 397 g/mol. The van der Waals surface area contributed by atoms with Gasteiger partial charge in [0.15, 0.2) is 0 Å². The summed E-state index contributed by atoms with van der Waals surface area (Å²) in [6.07, 6.45) is 1.38. The molecule has 0 amide bonds. The SMILES string of the molecule is COc1ccc(C=NN=C(N)NOS(=O)(=O)c2ccc(C)cc2)cc1Cl. The molecule has 26 heavy (non-hydrogen) atoms. The van der Waals surface area contributed by atoms with Gasteiger partial charge in [0, 0.05) is 0 Å². The summed E-state index contributed by atoms with van der Waals surface area (Å²) in [5, 5.41) is 7.73. The molecular formula is C16H17ClN4O4S. The van der Waals surface area contributed by atoms with E-state index in [-0.39, 0.29) is 10.9 Å². The largest absolute Gasteiger partial charge is 0.495 e. The van der Waals surface area contributed by atoms with E-state index in [0.717, 1.165) is 5.56 Å². The van der Waals surface area contributed by atoms with Crippen LogP contribution in [0.5, 0.6) is 5.75 Å². The highest BCUT2D eigenvalue weighted by molar-refractivity contribution is 7.86. The molecule has 0 unspecified atom stereocenters. The summed E-state index contributed by atoms with van der Waals surface area (Å²) in [6, 6.07) is 11.2. The van der Waals surface area contributed by atoms with E-state index >= 15 is 0 Å². The van der Waals surface area contributed by atoms with Gasteiger partial charge in [0.1, 0.15) is 5.75 Å². The van der Waals surface area contributed by atoms with Crippen LogP contribution in [-0.4, -0.2) is 27.7 Å². The van der Waals surface area contributed by atoms with Crippen molar-refractivity contribution in [2.75, 3.05) is 7.11 Å². The van der Waals surface area contributed by atoms with E-state index in [4.69, 9.17) is 22.1 Å². The molecule has 0 saturated heterocycles. The van der Waals surface area contributed by atoms with Crippen LogP contribution in [0.15, 0.2) is 57.6 Å². The van der Waals surface area contributed by atoms with Crippen LogP contribution >= 0.6 is 11.6 Å². The number of hydrogen-bond donors (Lipinski definition) is 2. The van der Waals surface area contributed by atoms with E-state index in [1.54, 1.807) is 30.3 Å². The van der Waals surface area contributed by atoms with Crippen molar-refractivity contribution in [2.24, 2.45) is 15.9 Å². The normalized spacial score (nSPS) is 12.3. The van der Waals surface area contributed by atoms with E-state index in [9.17, 15) is 8.42 Å². The molecule has 0 saturated carbocycles. The minimum atomic E-state index is -4.02.